The van der Waals surface area contributed by atoms with Crippen LogP contribution in [0, 0.1) is 0 Å². The Labute approximate surface area is 176 Å². The Morgan fingerprint density at radius 1 is 1.07 bits per heavy atom. The number of carbonyl (C=O) groups excluding carboxylic acids is 1. The molecule has 2 aromatic rings. The molecule has 0 radical (unpaired) electrons. The second-order valence-corrected chi connectivity index (χ2v) is 10.4. The molecule has 0 fully saturated rings. The SMILES string of the molecule is CC1=C(C)C(=O)N([C@@H]2c3cc(S(=O)(=O)c4ccccc4)ccc3OC(C)(C)[C@H]2O)C1. The van der Waals surface area contributed by atoms with E-state index in [0.29, 0.717) is 23.4 Å². The lowest BCUT2D eigenvalue weighted by Crippen LogP contribution is -2.54. The third-order valence-electron chi connectivity index (χ3n) is 6.01. The molecule has 0 bridgehead atoms. The predicted molar refractivity (Wildman–Crippen MR) is 112 cm³/mol. The van der Waals surface area contributed by atoms with Gasteiger partial charge >= 0.3 is 0 Å². The van der Waals surface area contributed by atoms with Gasteiger partial charge in [-0.3, -0.25) is 4.79 Å². The van der Waals surface area contributed by atoms with Crippen molar-refractivity contribution in [3.63, 3.8) is 0 Å². The zero-order chi connectivity index (χ0) is 21.8. The Morgan fingerprint density at radius 2 is 1.73 bits per heavy atom. The summed E-state index contributed by atoms with van der Waals surface area (Å²) >= 11 is 0. The average molecular weight is 428 g/mol. The highest BCUT2D eigenvalue weighted by molar-refractivity contribution is 7.91. The molecule has 0 spiro atoms. The molecule has 2 heterocycles. The van der Waals surface area contributed by atoms with Gasteiger partial charge in [0.15, 0.2) is 0 Å². The van der Waals surface area contributed by atoms with E-state index in [4.69, 9.17) is 4.74 Å². The molecule has 1 N–H and O–H groups in total. The van der Waals surface area contributed by atoms with Gasteiger partial charge in [0.05, 0.1) is 15.8 Å². The molecule has 30 heavy (non-hydrogen) atoms. The van der Waals surface area contributed by atoms with Crippen LogP contribution in [0.3, 0.4) is 0 Å². The van der Waals surface area contributed by atoms with E-state index in [1.807, 2.05) is 6.92 Å². The number of sulfone groups is 1. The summed E-state index contributed by atoms with van der Waals surface area (Å²) in [5.74, 6) is 0.314. The van der Waals surface area contributed by atoms with E-state index in [1.54, 1.807) is 62.1 Å². The largest absolute Gasteiger partial charge is 0.485 e. The van der Waals surface area contributed by atoms with Gasteiger partial charge in [0.2, 0.25) is 15.7 Å². The second-order valence-electron chi connectivity index (χ2n) is 8.45. The fourth-order valence-electron chi connectivity index (χ4n) is 4.05. The minimum absolute atomic E-state index is 0.0982. The summed E-state index contributed by atoms with van der Waals surface area (Å²) in [5.41, 5.74) is 1.14. The van der Waals surface area contributed by atoms with Crippen molar-refractivity contribution in [2.75, 3.05) is 6.54 Å². The first-order chi connectivity index (χ1) is 14.0. The number of hydrogen-bond donors (Lipinski definition) is 1. The summed E-state index contributed by atoms with van der Waals surface area (Å²) in [7, 11) is -3.75. The van der Waals surface area contributed by atoms with E-state index in [0.717, 1.165) is 5.57 Å². The highest BCUT2D eigenvalue weighted by Gasteiger charge is 2.48. The van der Waals surface area contributed by atoms with Crippen LogP contribution < -0.4 is 4.74 Å². The number of nitrogens with zero attached hydrogens (tertiary/aromatic N) is 1. The molecule has 0 saturated heterocycles. The van der Waals surface area contributed by atoms with Crippen molar-refractivity contribution >= 4 is 15.7 Å². The van der Waals surface area contributed by atoms with Crippen molar-refractivity contribution in [3.05, 3.63) is 65.2 Å². The third-order valence-corrected chi connectivity index (χ3v) is 7.78. The third kappa shape index (κ3) is 3.13. The molecule has 2 aliphatic heterocycles. The van der Waals surface area contributed by atoms with Crippen LogP contribution in [0.5, 0.6) is 5.75 Å². The molecule has 0 aliphatic carbocycles. The van der Waals surface area contributed by atoms with Gasteiger partial charge in [-0.1, -0.05) is 18.2 Å². The number of fused-ring (bicyclic) bond motifs is 1. The van der Waals surface area contributed by atoms with Crippen molar-refractivity contribution < 1.29 is 23.1 Å². The van der Waals surface area contributed by atoms with Gasteiger partial charge in [0.1, 0.15) is 17.5 Å². The summed E-state index contributed by atoms with van der Waals surface area (Å²) in [6.45, 7) is 7.57. The van der Waals surface area contributed by atoms with Gasteiger partial charge in [-0.25, -0.2) is 8.42 Å². The molecule has 4 rings (SSSR count). The first-order valence-corrected chi connectivity index (χ1v) is 11.3. The van der Waals surface area contributed by atoms with E-state index < -0.39 is 27.6 Å². The number of hydrogen-bond acceptors (Lipinski definition) is 5. The molecule has 7 heteroatoms. The first-order valence-electron chi connectivity index (χ1n) is 9.82. The van der Waals surface area contributed by atoms with E-state index >= 15 is 0 Å². The summed E-state index contributed by atoms with van der Waals surface area (Å²) in [5, 5.41) is 11.1. The van der Waals surface area contributed by atoms with Crippen LogP contribution >= 0.6 is 0 Å². The maximum Gasteiger partial charge on any atom is 0.250 e. The lowest BCUT2D eigenvalue weighted by atomic mass is 9.85. The van der Waals surface area contributed by atoms with Crippen molar-refractivity contribution in [1.29, 1.82) is 0 Å². The van der Waals surface area contributed by atoms with Gasteiger partial charge in [-0.2, -0.15) is 0 Å². The average Bonchev–Trinajstić information content (AvgIpc) is 2.96. The maximum atomic E-state index is 13.1. The Bertz CT molecular complexity index is 1150. The van der Waals surface area contributed by atoms with Crippen molar-refractivity contribution in [2.24, 2.45) is 0 Å². The number of rotatable bonds is 3. The van der Waals surface area contributed by atoms with Crippen LogP contribution in [0.2, 0.25) is 0 Å². The Balaban J connectivity index is 1.85. The molecule has 6 nitrogen and oxygen atoms in total. The second kappa shape index (κ2) is 6.96. The van der Waals surface area contributed by atoms with Gasteiger partial charge in [0.25, 0.3) is 0 Å². The summed E-state index contributed by atoms with van der Waals surface area (Å²) in [6, 6.07) is 12.1. The smallest absolute Gasteiger partial charge is 0.250 e. The monoisotopic (exact) mass is 427 g/mol. The molecule has 2 atom stereocenters. The van der Waals surface area contributed by atoms with Gasteiger partial charge in [0, 0.05) is 17.7 Å². The molecule has 0 saturated carbocycles. The lowest BCUT2D eigenvalue weighted by Gasteiger charge is -2.45. The number of amides is 1. The number of aliphatic hydroxyl groups excluding tert-OH is 1. The molecule has 0 aromatic heterocycles. The Morgan fingerprint density at radius 3 is 2.33 bits per heavy atom. The normalized spacial score (nSPS) is 23.4. The number of aliphatic hydroxyl groups is 1. The van der Waals surface area contributed by atoms with Gasteiger partial charge in [-0.15, -0.1) is 0 Å². The van der Waals surface area contributed by atoms with Crippen LogP contribution in [0.1, 0.15) is 39.3 Å². The molecule has 158 valence electrons. The summed E-state index contributed by atoms with van der Waals surface area (Å²) < 4.78 is 32.3. The van der Waals surface area contributed by atoms with Crippen molar-refractivity contribution in [1.82, 2.24) is 4.90 Å². The number of ether oxygens (including phenoxy) is 1. The Kier molecular flexibility index (Phi) is 4.78. The molecule has 0 unspecified atom stereocenters. The standard InChI is InChI=1S/C23H25NO5S/c1-14-13-24(22(26)15(14)2)20-18-12-17(30(27,28)16-8-6-5-7-9-16)10-11-19(18)29-23(3,4)21(20)25/h5-12,20-21,25H,13H2,1-4H3/t20-,21+/m1/s1. The van der Waals surface area contributed by atoms with Crippen LogP contribution in [-0.4, -0.2) is 42.6 Å². The first kappa shape index (κ1) is 20.6. The molecule has 2 aliphatic rings. The molecular formula is C23H25NO5S. The fraction of sp³-hybridized carbons (Fsp3) is 0.348. The van der Waals surface area contributed by atoms with Crippen LogP contribution in [0.4, 0.5) is 0 Å². The lowest BCUT2D eigenvalue weighted by molar-refractivity contribution is -0.138. The molecular weight excluding hydrogens is 402 g/mol. The summed E-state index contributed by atoms with van der Waals surface area (Å²) in [6.07, 6.45) is -1.03. The van der Waals surface area contributed by atoms with Crippen LogP contribution in [0.15, 0.2) is 69.5 Å². The zero-order valence-electron chi connectivity index (χ0n) is 17.4. The predicted octanol–water partition coefficient (Wildman–Crippen LogP) is 3.27. The van der Waals surface area contributed by atoms with Crippen LogP contribution in [0.25, 0.3) is 0 Å². The Hall–Kier alpha value is -2.64. The topological polar surface area (TPSA) is 83.9 Å². The number of carbonyl (C=O) groups is 1. The van der Waals surface area contributed by atoms with E-state index in [2.05, 4.69) is 0 Å². The van der Waals surface area contributed by atoms with Gasteiger partial charge < -0.3 is 14.7 Å². The summed E-state index contributed by atoms with van der Waals surface area (Å²) in [4.78, 5) is 14.8. The van der Waals surface area contributed by atoms with E-state index in [9.17, 15) is 18.3 Å². The minimum Gasteiger partial charge on any atom is -0.485 e. The molecule has 1 amide bonds. The highest BCUT2D eigenvalue weighted by Crippen LogP contribution is 2.45. The van der Waals surface area contributed by atoms with E-state index in [1.165, 1.54) is 12.1 Å². The highest BCUT2D eigenvalue weighted by atomic mass is 32.2. The van der Waals surface area contributed by atoms with Crippen molar-refractivity contribution in [3.8, 4) is 5.75 Å². The minimum atomic E-state index is -3.75. The van der Waals surface area contributed by atoms with Crippen molar-refractivity contribution in [2.45, 2.75) is 55.2 Å². The van der Waals surface area contributed by atoms with Crippen LogP contribution in [-0.2, 0) is 14.6 Å². The van der Waals surface area contributed by atoms with E-state index in [-0.39, 0.29) is 15.7 Å². The molecule has 2 aromatic carbocycles. The maximum absolute atomic E-state index is 13.1. The number of benzene rings is 2. The fourth-order valence-corrected chi connectivity index (χ4v) is 5.37. The zero-order valence-corrected chi connectivity index (χ0v) is 18.2. The quantitative estimate of drug-likeness (QED) is 0.813. The van der Waals surface area contributed by atoms with Gasteiger partial charge in [-0.05, 0) is 63.6 Å².